The molecule has 5 heteroatoms. The number of hydrogen-bond acceptors (Lipinski definition) is 4. The summed E-state index contributed by atoms with van der Waals surface area (Å²) in [7, 11) is 1.39. The highest BCUT2D eigenvalue weighted by molar-refractivity contribution is 9.10. The molecule has 0 saturated carbocycles. The second-order valence-corrected chi connectivity index (χ2v) is 5.76. The summed E-state index contributed by atoms with van der Waals surface area (Å²) in [5.74, 6) is -0.310. The van der Waals surface area contributed by atoms with Crippen molar-refractivity contribution >= 4 is 21.9 Å². The third kappa shape index (κ3) is 3.59. The fourth-order valence-corrected chi connectivity index (χ4v) is 2.92. The Hall–Kier alpha value is -0.910. The molecule has 0 aromatic heterocycles. The topological polar surface area (TPSA) is 38.8 Å². The number of methoxy groups -OCH3 is 1. The molecule has 1 aliphatic rings. The van der Waals surface area contributed by atoms with Gasteiger partial charge in [0.25, 0.3) is 0 Å². The number of ether oxygens (including phenoxy) is 2. The predicted molar refractivity (Wildman–Crippen MR) is 80.8 cm³/mol. The van der Waals surface area contributed by atoms with Crippen LogP contribution < -0.4 is 0 Å². The number of morpholine rings is 1. The highest BCUT2D eigenvalue weighted by Crippen LogP contribution is 2.23. The maximum atomic E-state index is 11.5. The van der Waals surface area contributed by atoms with Crippen LogP contribution in [0.25, 0.3) is 0 Å². The van der Waals surface area contributed by atoms with Crippen molar-refractivity contribution in [1.29, 1.82) is 0 Å². The van der Waals surface area contributed by atoms with Crippen LogP contribution in [0.15, 0.2) is 22.7 Å². The van der Waals surface area contributed by atoms with Gasteiger partial charge in [-0.25, -0.2) is 4.79 Å². The molecule has 0 aliphatic carbocycles. The van der Waals surface area contributed by atoms with E-state index >= 15 is 0 Å². The lowest BCUT2D eigenvalue weighted by Crippen LogP contribution is -2.44. The number of carbonyl (C=O) groups is 1. The van der Waals surface area contributed by atoms with Crippen LogP contribution in [0, 0.1) is 0 Å². The van der Waals surface area contributed by atoms with Gasteiger partial charge in [-0.15, -0.1) is 0 Å². The van der Waals surface area contributed by atoms with Crippen LogP contribution in [0.4, 0.5) is 0 Å². The number of carbonyl (C=O) groups excluding carboxylic acids is 1. The predicted octanol–water partition coefficient (Wildman–Crippen LogP) is 2.85. The van der Waals surface area contributed by atoms with Gasteiger partial charge in [-0.3, -0.25) is 4.90 Å². The summed E-state index contributed by atoms with van der Waals surface area (Å²) in [6.45, 7) is 5.58. The van der Waals surface area contributed by atoms with E-state index in [4.69, 9.17) is 9.47 Å². The molecule has 0 radical (unpaired) electrons. The minimum Gasteiger partial charge on any atom is -0.465 e. The van der Waals surface area contributed by atoms with Gasteiger partial charge in [0, 0.05) is 23.6 Å². The molecule has 0 amide bonds. The molecule has 0 bridgehead atoms. The van der Waals surface area contributed by atoms with E-state index in [9.17, 15) is 4.79 Å². The van der Waals surface area contributed by atoms with E-state index in [0.29, 0.717) is 11.6 Å². The van der Waals surface area contributed by atoms with Crippen molar-refractivity contribution in [3.05, 3.63) is 33.8 Å². The third-order valence-electron chi connectivity index (χ3n) is 3.67. The number of esters is 1. The molecule has 1 aromatic rings. The van der Waals surface area contributed by atoms with Gasteiger partial charge in [-0.2, -0.15) is 0 Å². The molecule has 1 unspecified atom stereocenters. The maximum absolute atomic E-state index is 11.5. The standard InChI is InChI=1S/C15H20BrNO3/c1-3-13-10-20-7-6-17(13)9-12-5-4-11(8-14(12)16)15(18)19-2/h4-5,8,13H,3,6-7,9-10H2,1-2H3. The molecule has 1 atom stereocenters. The van der Waals surface area contributed by atoms with Crippen LogP contribution in [0.1, 0.15) is 29.3 Å². The van der Waals surface area contributed by atoms with Crippen LogP contribution in [0.3, 0.4) is 0 Å². The van der Waals surface area contributed by atoms with Gasteiger partial charge in [0.2, 0.25) is 0 Å². The number of rotatable bonds is 4. The summed E-state index contributed by atoms with van der Waals surface area (Å²) >= 11 is 3.55. The van der Waals surface area contributed by atoms with Crippen molar-refractivity contribution < 1.29 is 14.3 Å². The smallest absolute Gasteiger partial charge is 0.337 e. The highest BCUT2D eigenvalue weighted by atomic mass is 79.9. The van der Waals surface area contributed by atoms with Crippen LogP contribution in [0.2, 0.25) is 0 Å². The molecular formula is C15H20BrNO3. The molecular weight excluding hydrogens is 322 g/mol. The first kappa shape index (κ1) is 15.5. The van der Waals surface area contributed by atoms with Gasteiger partial charge in [-0.1, -0.05) is 28.9 Å². The molecule has 1 saturated heterocycles. The van der Waals surface area contributed by atoms with Crippen molar-refractivity contribution in [2.75, 3.05) is 26.9 Å². The van der Waals surface area contributed by atoms with Crippen molar-refractivity contribution in [1.82, 2.24) is 4.90 Å². The monoisotopic (exact) mass is 341 g/mol. The summed E-state index contributed by atoms with van der Waals surface area (Å²) in [5, 5.41) is 0. The molecule has 1 fully saturated rings. The normalized spacial score (nSPS) is 19.9. The minimum absolute atomic E-state index is 0.310. The van der Waals surface area contributed by atoms with Crippen molar-refractivity contribution in [3.63, 3.8) is 0 Å². The number of halogens is 1. The Kier molecular flexibility index (Phi) is 5.57. The first-order chi connectivity index (χ1) is 9.65. The first-order valence-corrected chi connectivity index (χ1v) is 7.63. The van der Waals surface area contributed by atoms with Crippen molar-refractivity contribution in [2.24, 2.45) is 0 Å². The molecule has 2 rings (SSSR count). The van der Waals surface area contributed by atoms with Gasteiger partial charge in [0.05, 0.1) is 25.9 Å². The summed E-state index contributed by atoms with van der Waals surface area (Å²) in [4.78, 5) is 13.9. The molecule has 1 aliphatic heterocycles. The zero-order valence-corrected chi connectivity index (χ0v) is 13.5. The van der Waals surface area contributed by atoms with Crippen molar-refractivity contribution in [3.8, 4) is 0 Å². The highest BCUT2D eigenvalue weighted by Gasteiger charge is 2.22. The summed E-state index contributed by atoms with van der Waals surface area (Å²) in [6.07, 6.45) is 1.08. The van der Waals surface area contributed by atoms with E-state index in [2.05, 4.69) is 27.8 Å². The van der Waals surface area contributed by atoms with E-state index in [0.717, 1.165) is 37.2 Å². The van der Waals surface area contributed by atoms with E-state index in [-0.39, 0.29) is 5.97 Å². The third-order valence-corrected chi connectivity index (χ3v) is 4.41. The number of nitrogens with zero attached hydrogens (tertiary/aromatic N) is 1. The average molecular weight is 342 g/mol. The number of hydrogen-bond donors (Lipinski definition) is 0. The fourth-order valence-electron chi connectivity index (χ4n) is 2.41. The average Bonchev–Trinajstić information content (AvgIpc) is 2.49. The zero-order chi connectivity index (χ0) is 14.5. The van der Waals surface area contributed by atoms with Gasteiger partial charge >= 0.3 is 5.97 Å². The summed E-state index contributed by atoms with van der Waals surface area (Å²) in [5.41, 5.74) is 1.75. The SMILES string of the molecule is CCC1COCCN1Cc1ccc(C(=O)OC)cc1Br. The second-order valence-electron chi connectivity index (χ2n) is 4.91. The molecule has 4 nitrogen and oxygen atoms in total. The van der Waals surface area contributed by atoms with Crippen LogP contribution in [0.5, 0.6) is 0 Å². The molecule has 1 aromatic carbocycles. The Balaban J connectivity index is 2.11. The van der Waals surface area contributed by atoms with E-state index in [1.54, 1.807) is 0 Å². The minimum atomic E-state index is -0.310. The van der Waals surface area contributed by atoms with E-state index in [1.807, 2.05) is 18.2 Å². The van der Waals surface area contributed by atoms with Gasteiger partial charge in [-0.05, 0) is 24.1 Å². The lowest BCUT2D eigenvalue weighted by atomic mass is 10.1. The van der Waals surface area contributed by atoms with Gasteiger partial charge in [0.15, 0.2) is 0 Å². The quantitative estimate of drug-likeness (QED) is 0.789. The van der Waals surface area contributed by atoms with E-state index in [1.165, 1.54) is 12.7 Å². The molecule has 0 N–H and O–H groups in total. The Labute approximate surface area is 128 Å². The molecule has 20 heavy (non-hydrogen) atoms. The molecule has 0 spiro atoms. The Morgan fingerprint density at radius 1 is 1.55 bits per heavy atom. The lowest BCUT2D eigenvalue weighted by Gasteiger charge is -2.35. The zero-order valence-electron chi connectivity index (χ0n) is 11.9. The van der Waals surface area contributed by atoms with E-state index < -0.39 is 0 Å². The fraction of sp³-hybridized carbons (Fsp3) is 0.533. The van der Waals surface area contributed by atoms with Crippen LogP contribution in [-0.2, 0) is 16.0 Å². The molecule has 110 valence electrons. The number of benzene rings is 1. The Morgan fingerprint density at radius 2 is 2.35 bits per heavy atom. The maximum Gasteiger partial charge on any atom is 0.337 e. The lowest BCUT2D eigenvalue weighted by molar-refractivity contribution is -0.0128. The van der Waals surface area contributed by atoms with Crippen molar-refractivity contribution in [2.45, 2.75) is 25.9 Å². The van der Waals surface area contributed by atoms with Gasteiger partial charge in [0.1, 0.15) is 0 Å². The molecule has 1 heterocycles. The Bertz CT molecular complexity index is 478. The van der Waals surface area contributed by atoms with Gasteiger partial charge < -0.3 is 9.47 Å². The summed E-state index contributed by atoms with van der Waals surface area (Å²) < 4.78 is 11.2. The van der Waals surface area contributed by atoms with Crippen LogP contribution in [-0.4, -0.2) is 43.8 Å². The Morgan fingerprint density at radius 3 is 3.00 bits per heavy atom. The first-order valence-electron chi connectivity index (χ1n) is 6.84. The summed E-state index contributed by atoms with van der Waals surface area (Å²) in [6, 6.07) is 6.09. The largest absolute Gasteiger partial charge is 0.465 e. The second kappa shape index (κ2) is 7.20. The van der Waals surface area contributed by atoms with Crippen LogP contribution >= 0.6 is 15.9 Å².